The largest absolute Gasteiger partial charge is 0.493 e. The van der Waals surface area contributed by atoms with E-state index in [1.807, 2.05) is 12.1 Å². The Labute approximate surface area is 231 Å². The molecule has 208 valence electrons. The number of benzene rings is 2. The van der Waals surface area contributed by atoms with Crippen LogP contribution in [0.2, 0.25) is 0 Å². The molecule has 2 heterocycles. The number of carbonyl (C=O) groups is 1. The van der Waals surface area contributed by atoms with Crippen molar-refractivity contribution in [1.82, 2.24) is 19.9 Å². The number of non-ortho nitro benzene ring substituents is 1. The Morgan fingerprint density at radius 3 is 2.67 bits per heavy atom. The maximum Gasteiger partial charge on any atom is 0.269 e. The lowest BCUT2D eigenvalue weighted by atomic mass is 9.53. The van der Waals surface area contributed by atoms with E-state index in [4.69, 9.17) is 14.2 Å². The number of piperidine rings is 1. The Morgan fingerprint density at radius 1 is 1.15 bits per heavy atom. The van der Waals surface area contributed by atoms with Crippen LogP contribution in [-0.2, 0) is 34.5 Å². The molecule has 0 unspecified atom stereocenters. The van der Waals surface area contributed by atoms with Crippen LogP contribution in [0.3, 0.4) is 0 Å². The van der Waals surface area contributed by atoms with Crippen LogP contribution in [0.15, 0.2) is 54.4 Å². The van der Waals surface area contributed by atoms with Crippen molar-refractivity contribution in [1.29, 1.82) is 0 Å². The van der Waals surface area contributed by atoms with Gasteiger partial charge in [-0.3, -0.25) is 14.9 Å². The summed E-state index contributed by atoms with van der Waals surface area (Å²) in [6, 6.07) is 10.7. The topological polar surface area (TPSA) is 122 Å². The van der Waals surface area contributed by atoms with Gasteiger partial charge >= 0.3 is 0 Å². The molecule has 11 heteroatoms. The molecule has 2 aromatic carbocycles. The number of methoxy groups -OCH3 is 2. The van der Waals surface area contributed by atoms with Gasteiger partial charge < -0.3 is 19.1 Å². The summed E-state index contributed by atoms with van der Waals surface area (Å²) in [5, 5.41) is 19.4. The summed E-state index contributed by atoms with van der Waals surface area (Å²) in [4.78, 5) is 26.1. The number of aromatic nitrogens is 3. The number of nitro benzene ring substituents is 1. The van der Waals surface area contributed by atoms with Gasteiger partial charge in [0.15, 0.2) is 23.0 Å². The lowest BCUT2D eigenvalue weighted by molar-refractivity contribution is -0.384. The van der Waals surface area contributed by atoms with Crippen molar-refractivity contribution in [3.05, 3.63) is 86.9 Å². The van der Waals surface area contributed by atoms with Gasteiger partial charge in [0.05, 0.1) is 31.9 Å². The van der Waals surface area contributed by atoms with E-state index in [0.717, 1.165) is 30.5 Å². The highest BCUT2D eigenvalue weighted by atomic mass is 16.6. The van der Waals surface area contributed by atoms with Crippen LogP contribution in [0.4, 0.5) is 5.69 Å². The second-order valence-corrected chi connectivity index (χ2v) is 10.8. The van der Waals surface area contributed by atoms with Crippen molar-refractivity contribution >= 4 is 11.5 Å². The SMILES string of the molecule is COC1=C[C@@H]2[C@@H]3Cc4ccc(OC)c(OCc5cn(Cc6ccc([N+](=O)[O-])cc6)nn5)c4[C@]2(CCN3C)CC1=O. The first-order valence-electron chi connectivity index (χ1n) is 13.3. The Hall–Kier alpha value is -4.25. The first kappa shape index (κ1) is 26.0. The van der Waals surface area contributed by atoms with Crippen LogP contribution in [0.1, 0.15) is 35.2 Å². The molecule has 6 rings (SSSR count). The van der Waals surface area contributed by atoms with Gasteiger partial charge in [-0.25, -0.2) is 4.68 Å². The molecule has 1 fully saturated rings. The molecule has 2 bridgehead atoms. The minimum Gasteiger partial charge on any atom is -0.493 e. The molecule has 3 aromatic rings. The normalized spacial score (nSPS) is 23.6. The van der Waals surface area contributed by atoms with E-state index in [-0.39, 0.29) is 30.0 Å². The number of ketones is 1. The zero-order valence-corrected chi connectivity index (χ0v) is 22.7. The van der Waals surface area contributed by atoms with Gasteiger partial charge in [-0.05, 0) is 49.7 Å². The molecule has 40 heavy (non-hydrogen) atoms. The summed E-state index contributed by atoms with van der Waals surface area (Å²) < 4.78 is 19.4. The highest BCUT2D eigenvalue weighted by Crippen LogP contribution is 2.58. The van der Waals surface area contributed by atoms with Crippen molar-refractivity contribution < 1.29 is 23.9 Å². The van der Waals surface area contributed by atoms with Gasteiger partial charge in [-0.15, -0.1) is 5.10 Å². The molecule has 0 saturated carbocycles. The minimum atomic E-state index is -0.422. The number of ether oxygens (including phenoxy) is 3. The quantitative estimate of drug-likeness (QED) is 0.309. The van der Waals surface area contributed by atoms with Gasteiger partial charge in [0, 0.05) is 41.5 Å². The molecule has 0 radical (unpaired) electrons. The van der Waals surface area contributed by atoms with Gasteiger partial charge in [0.2, 0.25) is 0 Å². The predicted octanol–water partition coefficient (Wildman–Crippen LogP) is 3.44. The number of carbonyl (C=O) groups excluding carboxylic acids is 1. The highest BCUT2D eigenvalue weighted by molar-refractivity contribution is 5.96. The average Bonchev–Trinajstić information content (AvgIpc) is 3.40. The third-order valence-electron chi connectivity index (χ3n) is 8.63. The molecule has 0 N–H and O–H groups in total. The maximum atomic E-state index is 13.2. The van der Waals surface area contributed by atoms with E-state index < -0.39 is 10.3 Å². The van der Waals surface area contributed by atoms with Crippen LogP contribution in [0.5, 0.6) is 11.5 Å². The van der Waals surface area contributed by atoms with Gasteiger partial charge in [-0.2, -0.15) is 0 Å². The number of nitro groups is 1. The van der Waals surface area contributed by atoms with Crippen LogP contribution in [0, 0.1) is 16.0 Å². The van der Waals surface area contributed by atoms with E-state index in [2.05, 4.69) is 28.3 Å². The average molecular weight is 546 g/mol. The number of allylic oxidation sites excluding steroid dienone is 1. The monoisotopic (exact) mass is 545 g/mol. The number of rotatable bonds is 8. The standard InChI is InChI=1S/C29H31N5O6/c1-32-11-10-29-14-24(35)26(39-3)13-22(29)23(32)12-19-6-9-25(38-2)28(27(19)29)40-17-20-16-33(31-30-20)15-18-4-7-21(8-5-18)34(36)37/h4-9,13,16,22-23H,10-12,14-15,17H2,1-3H3/t22-,23+,29-/m1/s1. The first-order chi connectivity index (χ1) is 19.3. The molecule has 0 amide bonds. The molecule has 11 nitrogen and oxygen atoms in total. The fourth-order valence-electron chi connectivity index (χ4n) is 6.69. The molecule has 0 spiro atoms. The maximum absolute atomic E-state index is 13.2. The van der Waals surface area contributed by atoms with Crippen molar-refractivity contribution in [2.45, 2.75) is 43.9 Å². The third kappa shape index (κ3) is 4.30. The summed E-state index contributed by atoms with van der Waals surface area (Å²) in [6.07, 6.45) is 5.86. The number of hydrogen-bond donors (Lipinski definition) is 0. The van der Waals surface area contributed by atoms with Crippen molar-refractivity contribution in [2.75, 3.05) is 27.8 Å². The molecule has 3 atom stereocenters. The lowest BCUT2D eigenvalue weighted by Gasteiger charge is -2.56. The van der Waals surface area contributed by atoms with Crippen molar-refractivity contribution in [3.8, 4) is 11.5 Å². The number of hydrogen-bond acceptors (Lipinski definition) is 9. The number of fused-ring (bicyclic) bond motifs is 1. The molecule has 1 saturated heterocycles. The molecule has 1 aliphatic heterocycles. The van der Waals surface area contributed by atoms with E-state index in [9.17, 15) is 14.9 Å². The molecular formula is C29H31N5O6. The van der Waals surface area contributed by atoms with Gasteiger partial charge in [0.25, 0.3) is 5.69 Å². The summed E-state index contributed by atoms with van der Waals surface area (Å²) in [6.45, 7) is 1.48. The Bertz CT molecular complexity index is 1500. The zero-order valence-electron chi connectivity index (χ0n) is 22.7. The first-order valence-corrected chi connectivity index (χ1v) is 13.3. The van der Waals surface area contributed by atoms with Gasteiger partial charge in [-0.1, -0.05) is 23.4 Å². The van der Waals surface area contributed by atoms with Crippen LogP contribution >= 0.6 is 0 Å². The molecular weight excluding hydrogens is 514 g/mol. The summed E-state index contributed by atoms with van der Waals surface area (Å²) in [5.74, 6) is 1.84. The Kier molecular flexibility index (Phi) is 6.53. The number of likely N-dealkylation sites (tertiary alicyclic amines) is 1. The summed E-state index contributed by atoms with van der Waals surface area (Å²) in [7, 11) is 5.33. The Balaban J connectivity index is 1.30. The minimum absolute atomic E-state index is 0.0119. The van der Waals surface area contributed by atoms with E-state index in [1.165, 1.54) is 17.7 Å². The fourth-order valence-corrected chi connectivity index (χ4v) is 6.69. The highest BCUT2D eigenvalue weighted by Gasteiger charge is 2.56. The number of Topliss-reactive ketones (excluding diaryl/α,β-unsaturated/α-hetero) is 1. The van der Waals surface area contributed by atoms with E-state index in [1.54, 1.807) is 37.2 Å². The van der Waals surface area contributed by atoms with Crippen molar-refractivity contribution in [2.24, 2.45) is 5.92 Å². The fraction of sp³-hybridized carbons (Fsp3) is 0.414. The van der Waals surface area contributed by atoms with Crippen LogP contribution in [-0.4, -0.2) is 64.5 Å². The number of likely N-dealkylation sites (N-methyl/N-ethyl adjacent to an activating group) is 1. The van der Waals surface area contributed by atoms with E-state index >= 15 is 0 Å². The molecule has 1 aromatic heterocycles. The molecule has 3 aliphatic rings. The number of nitrogens with zero attached hydrogens (tertiary/aromatic N) is 5. The second kappa shape index (κ2) is 10.1. The molecule has 2 aliphatic carbocycles. The lowest BCUT2D eigenvalue weighted by Crippen LogP contribution is -2.60. The summed E-state index contributed by atoms with van der Waals surface area (Å²) in [5.41, 5.74) is 3.37. The Morgan fingerprint density at radius 2 is 1.95 bits per heavy atom. The summed E-state index contributed by atoms with van der Waals surface area (Å²) >= 11 is 0. The van der Waals surface area contributed by atoms with E-state index in [0.29, 0.717) is 35.9 Å². The van der Waals surface area contributed by atoms with Crippen LogP contribution in [0.25, 0.3) is 0 Å². The van der Waals surface area contributed by atoms with Gasteiger partial charge in [0.1, 0.15) is 12.3 Å². The third-order valence-corrected chi connectivity index (χ3v) is 8.63. The van der Waals surface area contributed by atoms with Crippen LogP contribution < -0.4 is 9.47 Å². The zero-order chi connectivity index (χ0) is 28.0. The van der Waals surface area contributed by atoms with Crippen molar-refractivity contribution in [3.63, 3.8) is 0 Å². The predicted molar refractivity (Wildman–Crippen MR) is 144 cm³/mol. The second-order valence-electron chi connectivity index (χ2n) is 10.8. The smallest absolute Gasteiger partial charge is 0.269 e.